The van der Waals surface area contributed by atoms with Crippen molar-refractivity contribution in [2.45, 2.75) is 0 Å². The van der Waals surface area contributed by atoms with Crippen LogP contribution in [-0.2, 0) is 0 Å². The molecule has 0 fully saturated rings. The summed E-state index contributed by atoms with van der Waals surface area (Å²) in [6.07, 6.45) is 0. The minimum absolute atomic E-state index is 0.644. The van der Waals surface area contributed by atoms with Gasteiger partial charge < -0.3 is 9.32 Å². The molecule has 0 N–H and O–H groups in total. The largest absolute Gasteiger partial charge is 0.436 e. The minimum atomic E-state index is 0.644. The summed E-state index contributed by atoms with van der Waals surface area (Å²) in [7, 11) is 0. The summed E-state index contributed by atoms with van der Waals surface area (Å²) in [5.41, 5.74) is 10.7. The zero-order valence-corrected chi connectivity index (χ0v) is 30.5. The first kappa shape index (κ1) is 31.5. The van der Waals surface area contributed by atoms with Gasteiger partial charge >= 0.3 is 0 Å². The third-order valence-electron chi connectivity index (χ3n) is 10.7. The molecular weight excluding hydrogens is 689 g/mol. The second-order valence-electron chi connectivity index (χ2n) is 14.0. The topological polar surface area (TPSA) is 29.3 Å². The number of rotatable bonds is 6. The Kier molecular flexibility index (Phi) is 7.35. The highest BCUT2D eigenvalue weighted by molar-refractivity contribution is 7.26. The molecule has 2 heterocycles. The molecule has 0 spiro atoms. The van der Waals surface area contributed by atoms with Gasteiger partial charge in [0, 0.05) is 48.2 Å². The lowest BCUT2D eigenvalue weighted by Crippen LogP contribution is -2.10. The number of hydrogen-bond donors (Lipinski definition) is 0. The lowest BCUT2D eigenvalue weighted by molar-refractivity contribution is 0.621. The van der Waals surface area contributed by atoms with Crippen LogP contribution in [0.5, 0.6) is 0 Å². The average Bonchev–Trinajstić information content (AvgIpc) is 3.86. The molecule has 55 heavy (non-hydrogen) atoms. The van der Waals surface area contributed by atoms with Gasteiger partial charge in [-0.2, -0.15) is 0 Å². The fourth-order valence-electron chi connectivity index (χ4n) is 8.00. The Hall–Kier alpha value is -7.01. The number of fused-ring (bicyclic) bond motifs is 7. The lowest BCUT2D eigenvalue weighted by atomic mass is 10.00. The summed E-state index contributed by atoms with van der Waals surface area (Å²) in [6, 6.07) is 69.4. The molecular formula is C51H32N2OS. The van der Waals surface area contributed by atoms with Gasteiger partial charge in [0.1, 0.15) is 5.52 Å². The van der Waals surface area contributed by atoms with Crippen LogP contribution in [-0.4, -0.2) is 4.98 Å². The molecule has 0 unspecified atom stereocenters. The van der Waals surface area contributed by atoms with Crippen molar-refractivity contribution >= 4 is 81.2 Å². The number of anilines is 3. The minimum Gasteiger partial charge on any atom is -0.436 e. The van der Waals surface area contributed by atoms with Crippen molar-refractivity contribution in [2.24, 2.45) is 0 Å². The second-order valence-corrected chi connectivity index (χ2v) is 15.1. The molecule has 4 heteroatoms. The van der Waals surface area contributed by atoms with Crippen LogP contribution in [0.25, 0.3) is 86.5 Å². The van der Waals surface area contributed by atoms with Crippen LogP contribution < -0.4 is 4.90 Å². The van der Waals surface area contributed by atoms with Crippen LogP contribution in [0.3, 0.4) is 0 Å². The smallest absolute Gasteiger partial charge is 0.228 e. The standard InChI is InChI=1S/C51H32N2OS/c1-2-11-33(12-3-1)37-16-8-18-40(30-37)53(41-19-9-17-38(31-41)39-24-23-34-13-4-5-15-36(34)29-39)42-26-27-44-48(32-42)55-47-22-10-21-45(49(44)47)51-52-50-43-20-7-6-14-35(43)25-28-46(50)54-51/h1-32H. The Morgan fingerprint density at radius 3 is 1.91 bits per heavy atom. The Labute approximate surface area is 322 Å². The van der Waals surface area contributed by atoms with E-state index in [-0.39, 0.29) is 0 Å². The SMILES string of the molecule is c1ccc(-c2cccc(N(c3cccc(-c4ccc5ccccc5c4)c3)c3ccc4c(c3)sc3cccc(-c5nc6c(ccc7ccccc76)o5)c34)c2)cc1. The number of hydrogen-bond acceptors (Lipinski definition) is 4. The first-order valence-corrected chi connectivity index (χ1v) is 19.3. The fraction of sp³-hybridized carbons (Fsp3) is 0. The Bertz CT molecular complexity index is 3230. The van der Waals surface area contributed by atoms with Crippen molar-refractivity contribution in [1.29, 1.82) is 0 Å². The molecule has 0 saturated carbocycles. The maximum Gasteiger partial charge on any atom is 0.228 e. The van der Waals surface area contributed by atoms with E-state index in [4.69, 9.17) is 9.40 Å². The highest BCUT2D eigenvalue weighted by Crippen LogP contribution is 2.45. The summed E-state index contributed by atoms with van der Waals surface area (Å²) in [6.45, 7) is 0. The number of nitrogens with zero attached hydrogens (tertiary/aromatic N) is 2. The number of oxazole rings is 1. The van der Waals surface area contributed by atoms with Gasteiger partial charge in [0.2, 0.25) is 5.89 Å². The summed E-state index contributed by atoms with van der Waals surface area (Å²) in [4.78, 5) is 7.47. The molecule has 11 aromatic rings. The first-order valence-electron chi connectivity index (χ1n) is 18.5. The van der Waals surface area contributed by atoms with E-state index in [1.54, 1.807) is 11.3 Å². The van der Waals surface area contributed by atoms with Crippen molar-refractivity contribution in [1.82, 2.24) is 4.98 Å². The van der Waals surface area contributed by atoms with E-state index in [1.807, 2.05) is 6.07 Å². The van der Waals surface area contributed by atoms with Gasteiger partial charge in [-0.1, -0.05) is 133 Å². The van der Waals surface area contributed by atoms with E-state index >= 15 is 0 Å². The van der Waals surface area contributed by atoms with Crippen LogP contribution >= 0.6 is 11.3 Å². The van der Waals surface area contributed by atoms with Crippen LogP contribution in [0.4, 0.5) is 17.1 Å². The molecule has 0 aliphatic carbocycles. The summed E-state index contributed by atoms with van der Waals surface area (Å²) in [5.74, 6) is 0.644. The molecule has 9 aromatic carbocycles. The van der Waals surface area contributed by atoms with E-state index in [1.165, 1.54) is 53.2 Å². The van der Waals surface area contributed by atoms with E-state index in [0.717, 1.165) is 44.5 Å². The van der Waals surface area contributed by atoms with Gasteiger partial charge in [-0.15, -0.1) is 11.3 Å². The van der Waals surface area contributed by atoms with Crippen LogP contribution in [0.1, 0.15) is 0 Å². The summed E-state index contributed by atoms with van der Waals surface area (Å²) in [5, 5.41) is 7.09. The molecule has 0 saturated heterocycles. The van der Waals surface area contributed by atoms with Gasteiger partial charge in [-0.05, 0) is 99.1 Å². The van der Waals surface area contributed by atoms with Gasteiger partial charge in [0.05, 0.1) is 0 Å². The van der Waals surface area contributed by atoms with Crippen molar-refractivity contribution < 1.29 is 4.42 Å². The molecule has 0 radical (unpaired) electrons. The molecule has 11 rings (SSSR count). The maximum atomic E-state index is 6.47. The van der Waals surface area contributed by atoms with Crippen LogP contribution in [0, 0.1) is 0 Å². The predicted octanol–water partition coefficient (Wildman–Crippen LogP) is 15.0. The van der Waals surface area contributed by atoms with E-state index < -0.39 is 0 Å². The number of thiophene rings is 1. The van der Waals surface area contributed by atoms with E-state index in [2.05, 4.69) is 193 Å². The molecule has 0 aliphatic rings. The molecule has 2 aromatic heterocycles. The van der Waals surface area contributed by atoms with Gasteiger partial charge in [0.25, 0.3) is 0 Å². The predicted molar refractivity (Wildman–Crippen MR) is 233 cm³/mol. The summed E-state index contributed by atoms with van der Waals surface area (Å²) < 4.78 is 8.88. The molecule has 0 bridgehead atoms. The fourth-order valence-corrected chi connectivity index (χ4v) is 9.17. The molecule has 0 aliphatic heterocycles. The van der Waals surface area contributed by atoms with E-state index in [0.29, 0.717) is 5.89 Å². The van der Waals surface area contributed by atoms with Crippen molar-refractivity contribution in [3.8, 4) is 33.7 Å². The van der Waals surface area contributed by atoms with Gasteiger partial charge in [0.15, 0.2) is 5.58 Å². The van der Waals surface area contributed by atoms with Crippen molar-refractivity contribution in [3.05, 3.63) is 194 Å². The average molecular weight is 721 g/mol. The number of aromatic nitrogens is 1. The number of benzene rings is 9. The maximum absolute atomic E-state index is 6.47. The van der Waals surface area contributed by atoms with Crippen LogP contribution in [0.2, 0.25) is 0 Å². The normalized spacial score (nSPS) is 11.6. The molecule has 0 amide bonds. The second kappa shape index (κ2) is 12.8. The van der Waals surface area contributed by atoms with Gasteiger partial charge in [-0.3, -0.25) is 0 Å². The quantitative estimate of drug-likeness (QED) is 0.171. The van der Waals surface area contributed by atoms with E-state index in [9.17, 15) is 0 Å². The molecule has 258 valence electrons. The van der Waals surface area contributed by atoms with Crippen molar-refractivity contribution in [3.63, 3.8) is 0 Å². The molecule has 0 atom stereocenters. The van der Waals surface area contributed by atoms with Crippen molar-refractivity contribution in [2.75, 3.05) is 4.90 Å². The zero-order valence-electron chi connectivity index (χ0n) is 29.7. The van der Waals surface area contributed by atoms with Crippen LogP contribution in [0.15, 0.2) is 199 Å². The highest BCUT2D eigenvalue weighted by atomic mass is 32.1. The third kappa shape index (κ3) is 5.46. The Morgan fingerprint density at radius 1 is 0.418 bits per heavy atom. The molecule has 3 nitrogen and oxygen atoms in total. The zero-order chi connectivity index (χ0) is 36.3. The van der Waals surface area contributed by atoms with Gasteiger partial charge in [-0.25, -0.2) is 4.98 Å². The Balaban J connectivity index is 1.07. The summed E-state index contributed by atoms with van der Waals surface area (Å²) >= 11 is 1.81. The lowest BCUT2D eigenvalue weighted by Gasteiger charge is -2.26. The third-order valence-corrected chi connectivity index (χ3v) is 11.8. The Morgan fingerprint density at radius 2 is 1.07 bits per heavy atom. The monoisotopic (exact) mass is 720 g/mol. The highest BCUT2D eigenvalue weighted by Gasteiger charge is 2.20. The first-order chi connectivity index (χ1) is 27.2.